The molecule has 4 nitrogen and oxygen atoms in total. The Labute approximate surface area is 160 Å². The van der Waals surface area contributed by atoms with Crippen LogP contribution in [-0.4, -0.2) is 20.9 Å². The highest BCUT2D eigenvalue weighted by atomic mass is 32.2. The van der Waals surface area contributed by atoms with Crippen molar-refractivity contribution in [1.29, 1.82) is 0 Å². The Hall–Kier alpha value is -1.89. The number of thiophene rings is 1. The molecule has 0 aliphatic carbocycles. The van der Waals surface area contributed by atoms with Crippen molar-refractivity contribution in [3.8, 4) is 5.69 Å². The normalized spacial score (nSPS) is 15.8. The zero-order valence-corrected chi connectivity index (χ0v) is 16.5. The summed E-state index contributed by atoms with van der Waals surface area (Å²) in [5, 5.41) is 1.44. The van der Waals surface area contributed by atoms with Crippen molar-refractivity contribution in [2.45, 2.75) is 37.6 Å². The fourth-order valence-electron chi connectivity index (χ4n) is 3.21. The Morgan fingerprint density at radius 1 is 1.38 bits per heavy atom. The first-order valence-corrected chi connectivity index (χ1v) is 10.3. The minimum Gasteiger partial charge on any atom is -0.370 e. The average molecular weight is 385 g/mol. The zero-order chi connectivity index (χ0) is 18.3. The summed E-state index contributed by atoms with van der Waals surface area (Å²) in [6, 6.07) is 9.71. The Balaban J connectivity index is 2.00. The number of hydrogen-bond acceptors (Lipinski definition) is 5. The van der Waals surface area contributed by atoms with E-state index in [-0.39, 0.29) is 11.2 Å². The maximum Gasteiger partial charge on any atom is 0.267 e. The number of benzene rings is 1. The molecule has 0 N–H and O–H groups in total. The molecule has 0 unspecified atom stereocenters. The highest BCUT2D eigenvalue weighted by Crippen LogP contribution is 2.37. The molecule has 3 heterocycles. The zero-order valence-electron chi connectivity index (χ0n) is 14.8. The fraction of sp³-hybridized carbons (Fsp3) is 0.300. The third-order valence-electron chi connectivity index (χ3n) is 4.42. The van der Waals surface area contributed by atoms with E-state index in [0.29, 0.717) is 17.5 Å². The first-order chi connectivity index (χ1) is 12.5. The van der Waals surface area contributed by atoms with Gasteiger partial charge >= 0.3 is 0 Å². The number of aromatic nitrogens is 2. The molecule has 1 aliphatic rings. The molecule has 0 radical (unpaired) electrons. The van der Waals surface area contributed by atoms with Crippen LogP contribution in [0, 0.1) is 0 Å². The van der Waals surface area contributed by atoms with Crippen molar-refractivity contribution in [1.82, 2.24) is 9.55 Å². The minimum absolute atomic E-state index is 0.00274. The molecule has 0 amide bonds. The van der Waals surface area contributed by atoms with E-state index in [9.17, 15) is 4.79 Å². The molecule has 0 saturated heterocycles. The molecule has 0 spiro atoms. The first kappa shape index (κ1) is 17.5. The van der Waals surface area contributed by atoms with E-state index in [2.05, 4.69) is 20.4 Å². The summed E-state index contributed by atoms with van der Waals surface area (Å²) in [4.78, 5) is 20.3. The summed E-state index contributed by atoms with van der Waals surface area (Å²) in [5.74, 6) is 0.700. The van der Waals surface area contributed by atoms with E-state index < -0.39 is 0 Å². The van der Waals surface area contributed by atoms with Crippen molar-refractivity contribution >= 4 is 33.3 Å². The number of hydrogen-bond donors (Lipinski definition) is 0. The van der Waals surface area contributed by atoms with Gasteiger partial charge in [0.15, 0.2) is 5.16 Å². The smallest absolute Gasteiger partial charge is 0.267 e. The van der Waals surface area contributed by atoms with E-state index in [4.69, 9.17) is 9.72 Å². The number of ether oxygens (including phenoxy) is 1. The van der Waals surface area contributed by atoms with E-state index in [1.54, 1.807) is 15.9 Å². The lowest BCUT2D eigenvalue weighted by Gasteiger charge is -2.29. The average Bonchev–Trinajstić information content (AvgIpc) is 2.97. The topological polar surface area (TPSA) is 44.1 Å². The third-order valence-corrected chi connectivity index (χ3v) is 6.45. The van der Waals surface area contributed by atoms with Crippen LogP contribution >= 0.6 is 23.1 Å². The second-order valence-corrected chi connectivity index (χ2v) is 8.95. The summed E-state index contributed by atoms with van der Waals surface area (Å²) in [7, 11) is 0. The van der Waals surface area contributed by atoms with Crippen LogP contribution in [-0.2, 0) is 17.8 Å². The monoisotopic (exact) mass is 384 g/mol. The largest absolute Gasteiger partial charge is 0.370 e. The number of para-hydroxylation sites is 1. The van der Waals surface area contributed by atoms with E-state index in [1.165, 1.54) is 11.8 Å². The minimum atomic E-state index is -0.263. The van der Waals surface area contributed by atoms with Gasteiger partial charge in [0.25, 0.3) is 5.56 Å². The molecule has 1 aromatic carbocycles. The molecule has 3 aromatic rings. The van der Waals surface area contributed by atoms with Gasteiger partial charge in [-0.05, 0) is 31.5 Å². The summed E-state index contributed by atoms with van der Waals surface area (Å²) in [5.41, 5.74) is 1.68. The molecule has 26 heavy (non-hydrogen) atoms. The molecule has 0 saturated carbocycles. The lowest BCUT2D eigenvalue weighted by Crippen LogP contribution is -2.32. The van der Waals surface area contributed by atoms with Crippen molar-refractivity contribution < 1.29 is 4.74 Å². The predicted molar refractivity (Wildman–Crippen MR) is 109 cm³/mol. The van der Waals surface area contributed by atoms with Crippen molar-refractivity contribution in [2.24, 2.45) is 0 Å². The summed E-state index contributed by atoms with van der Waals surface area (Å²) >= 11 is 3.10. The summed E-state index contributed by atoms with van der Waals surface area (Å²) in [6.07, 6.45) is 2.55. The van der Waals surface area contributed by atoms with Crippen LogP contribution < -0.4 is 5.56 Å². The highest BCUT2D eigenvalue weighted by molar-refractivity contribution is 7.99. The van der Waals surface area contributed by atoms with Crippen molar-refractivity contribution in [2.75, 3.05) is 5.75 Å². The first-order valence-electron chi connectivity index (χ1n) is 8.50. The van der Waals surface area contributed by atoms with Crippen LogP contribution in [0.2, 0.25) is 0 Å². The number of fused-ring (bicyclic) bond motifs is 3. The summed E-state index contributed by atoms with van der Waals surface area (Å²) < 4.78 is 7.65. The number of nitrogens with zero attached hydrogens (tertiary/aromatic N) is 2. The van der Waals surface area contributed by atoms with Crippen LogP contribution in [0.15, 0.2) is 52.9 Å². The van der Waals surface area contributed by atoms with Gasteiger partial charge in [-0.15, -0.1) is 17.9 Å². The van der Waals surface area contributed by atoms with Crippen molar-refractivity contribution in [3.63, 3.8) is 0 Å². The number of thioether (sulfide) groups is 1. The molecule has 4 rings (SSSR count). The molecule has 1 aliphatic heterocycles. The molecule has 134 valence electrons. The molecule has 6 heteroatoms. The van der Waals surface area contributed by atoms with Gasteiger partial charge in [-0.2, -0.15) is 0 Å². The van der Waals surface area contributed by atoms with Gasteiger partial charge in [-0.1, -0.05) is 36.0 Å². The van der Waals surface area contributed by atoms with E-state index >= 15 is 0 Å². The summed E-state index contributed by atoms with van der Waals surface area (Å²) in [6.45, 7) is 8.46. The maximum absolute atomic E-state index is 13.5. The van der Waals surface area contributed by atoms with Gasteiger partial charge in [0.1, 0.15) is 4.83 Å². The van der Waals surface area contributed by atoms with Crippen molar-refractivity contribution in [3.05, 3.63) is 63.8 Å². The fourth-order valence-corrected chi connectivity index (χ4v) is 5.10. The molecule has 0 atom stereocenters. The Kier molecular flexibility index (Phi) is 4.50. The molecule has 0 fully saturated rings. The second-order valence-electron chi connectivity index (χ2n) is 6.88. The van der Waals surface area contributed by atoms with Crippen LogP contribution in [0.5, 0.6) is 0 Å². The SMILES string of the molecule is C=CCSc1nc2sc3c(c2c(=O)n1-c1ccccc1)CC(C)(C)OC3. The van der Waals surface area contributed by atoms with Gasteiger partial charge in [0.05, 0.1) is 23.3 Å². The van der Waals surface area contributed by atoms with Crippen LogP contribution in [0.25, 0.3) is 15.9 Å². The van der Waals surface area contributed by atoms with Crippen LogP contribution in [0.3, 0.4) is 0 Å². The Morgan fingerprint density at radius 3 is 2.88 bits per heavy atom. The van der Waals surface area contributed by atoms with Gasteiger partial charge < -0.3 is 4.74 Å². The standard InChI is InChI=1S/C20H20N2O2S2/c1-4-10-25-19-21-17-16(14-11-20(2,3)24-12-15(14)26-17)18(23)22(19)13-8-6-5-7-9-13/h4-9H,1,10-12H2,2-3H3. The maximum atomic E-state index is 13.5. The van der Waals surface area contributed by atoms with Gasteiger partial charge in [0, 0.05) is 17.1 Å². The van der Waals surface area contributed by atoms with E-state index in [0.717, 1.165) is 32.8 Å². The van der Waals surface area contributed by atoms with Gasteiger partial charge in [0.2, 0.25) is 0 Å². The van der Waals surface area contributed by atoms with Gasteiger partial charge in [-0.3, -0.25) is 9.36 Å². The third kappa shape index (κ3) is 3.02. The quantitative estimate of drug-likeness (QED) is 0.375. The molecule has 0 bridgehead atoms. The Morgan fingerprint density at radius 2 is 2.15 bits per heavy atom. The van der Waals surface area contributed by atoms with Crippen LogP contribution in [0.4, 0.5) is 0 Å². The molecule has 2 aromatic heterocycles. The molecular weight excluding hydrogens is 364 g/mol. The molecular formula is C20H20N2O2S2. The van der Waals surface area contributed by atoms with Gasteiger partial charge in [-0.25, -0.2) is 4.98 Å². The highest BCUT2D eigenvalue weighted by Gasteiger charge is 2.31. The lowest BCUT2D eigenvalue weighted by molar-refractivity contribution is -0.0379. The number of rotatable bonds is 4. The lowest BCUT2D eigenvalue weighted by atomic mass is 9.94. The second kappa shape index (κ2) is 6.68. The predicted octanol–water partition coefficient (Wildman–Crippen LogP) is 4.58. The van der Waals surface area contributed by atoms with E-state index in [1.807, 2.05) is 36.4 Å². The van der Waals surface area contributed by atoms with Crippen LogP contribution in [0.1, 0.15) is 24.3 Å². The Bertz CT molecular complexity index is 1040.